The number of nitrogens with zero attached hydrogens (tertiary/aromatic N) is 3. The van der Waals surface area contributed by atoms with E-state index in [2.05, 4.69) is 20.8 Å². The van der Waals surface area contributed by atoms with Gasteiger partial charge in [-0.1, -0.05) is 54.6 Å². The van der Waals surface area contributed by atoms with Gasteiger partial charge in [-0.2, -0.15) is 21.9 Å². The van der Waals surface area contributed by atoms with E-state index in [4.69, 9.17) is 10.2 Å². The van der Waals surface area contributed by atoms with Crippen LogP contribution >= 0.6 is 0 Å². The van der Waals surface area contributed by atoms with Crippen LogP contribution in [0.5, 0.6) is 0 Å². The number of H-pyrrole nitrogens is 1. The van der Waals surface area contributed by atoms with Crippen molar-refractivity contribution in [2.75, 3.05) is 26.3 Å². The van der Waals surface area contributed by atoms with E-state index in [1.165, 1.54) is 66.8 Å². The highest BCUT2D eigenvalue weighted by Gasteiger charge is 2.34. The summed E-state index contributed by atoms with van der Waals surface area (Å²) in [6.07, 6.45) is 6.44. The molecule has 2 aromatic carbocycles. The molecular formula is C31H32N6O12S2. The van der Waals surface area contributed by atoms with Crippen LogP contribution in [0.2, 0.25) is 0 Å². The van der Waals surface area contributed by atoms with Crippen molar-refractivity contribution in [3.63, 3.8) is 0 Å². The number of hydrazone groups is 1. The molecule has 3 amide bonds. The van der Waals surface area contributed by atoms with Crippen molar-refractivity contribution in [2.24, 2.45) is 5.10 Å². The smallest absolute Gasteiger partial charge is 0.294 e. The Morgan fingerprint density at radius 2 is 1.33 bits per heavy atom. The predicted molar refractivity (Wildman–Crippen MR) is 180 cm³/mol. The van der Waals surface area contributed by atoms with Crippen LogP contribution < -0.4 is 16.2 Å². The number of carbonyl (C=O) groups excluding carboxylic acids is 3. The molecule has 270 valence electrons. The van der Waals surface area contributed by atoms with E-state index in [-0.39, 0.29) is 53.3 Å². The summed E-state index contributed by atoms with van der Waals surface area (Å²) in [6.45, 7) is -1.91. The van der Waals surface area contributed by atoms with Crippen molar-refractivity contribution in [2.45, 2.75) is 22.9 Å². The number of benzene rings is 2. The molecule has 3 aromatic rings. The Hall–Kier alpha value is -5.51. The Labute approximate surface area is 290 Å². The summed E-state index contributed by atoms with van der Waals surface area (Å²) in [7, 11) is -9.30. The third-order valence-corrected chi connectivity index (χ3v) is 8.97. The lowest BCUT2D eigenvalue weighted by Gasteiger charge is -2.13. The number of aromatic nitrogens is 2. The topological polar surface area (TPSA) is 278 Å². The van der Waals surface area contributed by atoms with E-state index in [0.29, 0.717) is 0 Å². The number of aliphatic hydroxyl groups excluding tert-OH is 2. The van der Waals surface area contributed by atoms with Crippen LogP contribution in [-0.2, 0) is 42.9 Å². The number of aromatic amines is 1. The Balaban J connectivity index is 1.65. The summed E-state index contributed by atoms with van der Waals surface area (Å²) in [5.74, 6) is -2.39. The maximum atomic E-state index is 13.3. The van der Waals surface area contributed by atoms with E-state index < -0.39 is 73.1 Å². The molecule has 0 fully saturated rings. The van der Waals surface area contributed by atoms with Crippen molar-refractivity contribution in [1.82, 2.24) is 25.4 Å². The van der Waals surface area contributed by atoms with Gasteiger partial charge in [0, 0.05) is 13.1 Å². The van der Waals surface area contributed by atoms with Gasteiger partial charge in [-0.25, -0.2) is 9.69 Å². The molecule has 7 N–H and O–H groups in total. The SMILES string of the molecule is O=C(NCCO)C1=NN(Cc2ccccc2S(=O)(=O)O)C(=O)C1=CC=CC=Cc1c(C(=O)NCCO)[nH]n(Cc2ccccc2S(=O)(=O)O)c1=O. The maximum Gasteiger partial charge on any atom is 0.294 e. The van der Waals surface area contributed by atoms with Gasteiger partial charge in [0.2, 0.25) is 0 Å². The van der Waals surface area contributed by atoms with E-state index in [1.807, 2.05) is 0 Å². The molecule has 0 saturated heterocycles. The van der Waals surface area contributed by atoms with Crippen molar-refractivity contribution in [3.8, 4) is 0 Å². The molecule has 0 spiro atoms. The molecule has 1 aromatic heterocycles. The second kappa shape index (κ2) is 16.5. The number of rotatable bonds is 15. The average molecular weight is 745 g/mol. The summed E-state index contributed by atoms with van der Waals surface area (Å²) in [5.41, 5.74) is -1.66. The third-order valence-electron chi connectivity index (χ3n) is 7.07. The van der Waals surface area contributed by atoms with Gasteiger partial charge in [0.05, 0.1) is 47.2 Å². The summed E-state index contributed by atoms with van der Waals surface area (Å²) < 4.78 is 67.5. The number of hydrogen-bond donors (Lipinski definition) is 7. The quantitative estimate of drug-likeness (QED) is 0.0586. The third kappa shape index (κ3) is 9.39. The van der Waals surface area contributed by atoms with E-state index in [1.54, 1.807) is 0 Å². The monoisotopic (exact) mass is 744 g/mol. The van der Waals surface area contributed by atoms with Crippen molar-refractivity contribution >= 4 is 49.7 Å². The molecule has 18 nitrogen and oxygen atoms in total. The lowest BCUT2D eigenvalue weighted by molar-refractivity contribution is -0.126. The summed E-state index contributed by atoms with van der Waals surface area (Å²) in [6, 6.07) is 10.7. The van der Waals surface area contributed by atoms with Crippen LogP contribution in [0.4, 0.5) is 0 Å². The van der Waals surface area contributed by atoms with E-state index in [0.717, 1.165) is 21.8 Å². The molecule has 51 heavy (non-hydrogen) atoms. The van der Waals surface area contributed by atoms with Crippen LogP contribution in [0.25, 0.3) is 6.08 Å². The predicted octanol–water partition coefficient (Wildman–Crippen LogP) is -0.557. The molecule has 0 atom stereocenters. The van der Waals surface area contributed by atoms with Gasteiger partial charge in [0.1, 0.15) is 5.69 Å². The van der Waals surface area contributed by atoms with Crippen LogP contribution in [-0.4, -0.2) is 101 Å². The molecule has 0 saturated carbocycles. The highest BCUT2D eigenvalue weighted by Crippen LogP contribution is 2.23. The van der Waals surface area contributed by atoms with Crippen LogP contribution in [0.1, 0.15) is 27.2 Å². The molecule has 0 aliphatic carbocycles. The standard InChI is InChI=1S/C31H32N6O12S2/c38-16-14-32-28(40)26-22(30(42)36(34-26)18-20-8-4-6-12-24(20)50(44,45)46)10-2-1-3-11-23-27(29(41)33-15-17-39)35-37(31(23)43)19-21-9-5-7-13-25(21)51(47,48)49/h1-13,34,38-39H,14-19H2,(H,32,40)(H,33,41)(H,44,45,46)(H,47,48,49). The molecule has 1 aliphatic rings. The van der Waals surface area contributed by atoms with Crippen molar-refractivity contribution in [3.05, 3.63) is 111 Å². The molecular weight excluding hydrogens is 713 g/mol. The molecule has 0 radical (unpaired) electrons. The molecule has 2 heterocycles. The molecule has 1 aliphatic heterocycles. The highest BCUT2D eigenvalue weighted by atomic mass is 32.2. The minimum atomic E-state index is -4.65. The second-order valence-corrected chi connectivity index (χ2v) is 13.3. The Morgan fingerprint density at radius 1 is 0.784 bits per heavy atom. The minimum Gasteiger partial charge on any atom is -0.395 e. The lowest BCUT2D eigenvalue weighted by atomic mass is 10.1. The normalized spacial score (nSPS) is 14.5. The first-order chi connectivity index (χ1) is 24.2. The van der Waals surface area contributed by atoms with Crippen LogP contribution in [0, 0.1) is 0 Å². The Kier molecular flexibility index (Phi) is 12.4. The minimum absolute atomic E-state index is 0.0180. The maximum absolute atomic E-state index is 13.3. The Morgan fingerprint density at radius 3 is 1.90 bits per heavy atom. The average Bonchev–Trinajstić information content (AvgIpc) is 3.56. The van der Waals surface area contributed by atoms with Gasteiger partial charge in [0.25, 0.3) is 43.5 Å². The van der Waals surface area contributed by atoms with Gasteiger partial charge in [-0.3, -0.25) is 33.4 Å². The summed E-state index contributed by atoms with van der Waals surface area (Å²) in [4.78, 5) is 51.4. The Bertz CT molecular complexity index is 2240. The van der Waals surface area contributed by atoms with Gasteiger partial charge >= 0.3 is 0 Å². The van der Waals surface area contributed by atoms with Crippen LogP contribution in [0.3, 0.4) is 0 Å². The molecule has 20 heteroatoms. The summed E-state index contributed by atoms with van der Waals surface area (Å²) in [5, 5.41) is 30.5. The molecule has 0 bridgehead atoms. The first-order valence-electron chi connectivity index (χ1n) is 14.8. The van der Waals surface area contributed by atoms with Crippen LogP contribution in [0.15, 0.2) is 98.1 Å². The van der Waals surface area contributed by atoms with Crippen molar-refractivity contribution < 1.29 is 50.5 Å². The zero-order valence-corrected chi connectivity index (χ0v) is 28.1. The van der Waals surface area contributed by atoms with Crippen molar-refractivity contribution in [1.29, 1.82) is 0 Å². The number of carbonyl (C=O) groups is 3. The molecule has 4 rings (SSSR count). The van der Waals surface area contributed by atoms with Gasteiger partial charge in [0.15, 0.2) is 5.71 Å². The first kappa shape index (κ1) is 38.3. The largest absolute Gasteiger partial charge is 0.395 e. The first-order valence-corrected chi connectivity index (χ1v) is 17.7. The molecule has 0 unspecified atom stereocenters. The van der Waals surface area contributed by atoms with Gasteiger partial charge < -0.3 is 20.8 Å². The number of hydrogen-bond acceptors (Lipinski definition) is 11. The fraction of sp³-hybridized carbons (Fsp3) is 0.194. The fourth-order valence-electron chi connectivity index (χ4n) is 4.81. The second-order valence-electron chi connectivity index (χ2n) is 10.6. The zero-order chi connectivity index (χ0) is 37.3. The van der Waals surface area contributed by atoms with E-state index in [9.17, 15) is 45.1 Å². The lowest BCUT2D eigenvalue weighted by Crippen LogP contribution is -2.33. The number of amides is 3. The zero-order valence-electron chi connectivity index (χ0n) is 26.5. The van der Waals surface area contributed by atoms with Gasteiger partial charge in [-0.05, 0) is 35.4 Å². The highest BCUT2D eigenvalue weighted by molar-refractivity contribution is 7.86. The number of allylic oxidation sites excluding steroid dienone is 4. The van der Waals surface area contributed by atoms with Gasteiger partial charge in [-0.15, -0.1) is 0 Å². The number of aliphatic hydroxyl groups is 2. The van der Waals surface area contributed by atoms with E-state index >= 15 is 0 Å². The fourth-order valence-corrected chi connectivity index (χ4v) is 6.23. The summed E-state index contributed by atoms with van der Waals surface area (Å²) >= 11 is 0. The number of nitrogens with one attached hydrogen (secondary N) is 3.